The van der Waals surface area contributed by atoms with E-state index >= 15 is 0 Å². The van der Waals surface area contributed by atoms with Crippen LogP contribution in [0.15, 0.2) is 18.2 Å². The van der Waals surface area contributed by atoms with Crippen molar-refractivity contribution < 1.29 is 15.0 Å². The molecule has 1 atom stereocenters. The van der Waals surface area contributed by atoms with E-state index in [4.69, 9.17) is 0 Å². The van der Waals surface area contributed by atoms with Gasteiger partial charge in [0.25, 0.3) is 5.91 Å². The molecule has 19 heavy (non-hydrogen) atoms. The molecule has 4 nitrogen and oxygen atoms in total. The van der Waals surface area contributed by atoms with Gasteiger partial charge in [-0.2, -0.15) is 0 Å². The van der Waals surface area contributed by atoms with Crippen molar-refractivity contribution in [2.75, 3.05) is 18.4 Å². The van der Waals surface area contributed by atoms with Crippen LogP contribution < -0.4 is 0 Å². The second-order valence-corrected chi connectivity index (χ2v) is 5.77. The largest absolute Gasteiger partial charge is 0.508 e. The van der Waals surface area contributed by atoms with Crippen LogP contribution >= 0.6 is 15.9 Å². The monoisotopic (exact) mass is 327 g/mol. The molecule has 0 spiro atoms. The Morgan fingerprint density at radius 1 is 1.32 bits per heavy atom. The summed E-state index contributed by atoms with van der Waals surface area (Å²) in [6.07, 6.45) is 3.23. The number of benzene rings is 1. The number of carbonyl (C=O) groups excluding carboxylic acids is 1. The van der Waals surface area contributed by atoms with E-state index in [2.05, 4.69) is 15.9 Å². The number of likely N-dealkylation sites (tertiary alicyclic amines) is 1. The van der Waals surface area contributed by atoms with Gasteiger partial charge in [0.2, 0.25) is 0 Å². The van der Waals surface area contributed by atoms with E-state index in [1.807, 2.05) is 4.90 Å². The lowest BCUT2D eigenvalue weighted by molar-refractivity contribution is 0.0671. The lowest BCUT2D eigenvalue weighted by Crippen LogP contribution is -2.40. The van der Waals surface area contributed by atoms with E-state index < -0.39 is 0 Å². The van der Waals surface area contributed by atoms with Crippen LogP contribution in [0.2, 0.25) is 0 Å². The maximum Gasteiger partial charge on any atom is 0.254 e. The van der Waals surface area contributed by atoms with E-state index in [1.165, 1.54) is 18.2 Å². The molecule has 2 rings (SSSR count). The summed E-state index contributed by atoms with van der Waals surface area (Å²) >= 11 is 3.44. The number of rotatable bonds is 3. The van der Waals surface area contributed by atoms with Crippen molar-refractivity contribution in [3.8, 4) is 11.5 Å². The molecule has 1 amide bonds. The van der Waals surface area contributed by atoms with E-state index in [9.17, 15) is 15.0 Å². The maximum absolute atomic E-state index is 12.3. The van der Waals surface area contributed by atoms with Crippen LogP contribution in [0.5, 0.6) is 11.5 Å². The molecule has 1 aliphatic heterocycles. The zero-order chi connectivity index (χ0) is 13.8. The smallest absolute Gasteiger partial charge is 0.254 e. The Labute approximate surface area is 121 Å². The van der Waals surface area contributed by atoms with Crippen LogP contribution in [0.25, 0.3) is 0 Å². The fraction of sp³-hybridized carbons (Fsp3) is 0.500. The molecule has 1 heterocycles. The van der Waals surface area contributed by atoms with Crippen molar-refractivity contribution in [2.45, 2.75) is 19.3 Å². The van der Waals surface area contributed by atoms with E-state index in [0.717, 1.165) is 37.7 Å². The molecule has 0 radical (unpaired) electrons. The van der Waals surface area contributed by atoms with Gasteiger partial charge in [0.05, 0.1) is 0 Å². The van der Waals surface area contributed by atoms with Gasteiger partial charge < -0.3 is 15.1 Å². The van der Waals surface area contributed by atoms with E-state index in [-0.39, 0.29) is 17.4 Å². The zero-order valence-electron chi connectivity index (χ0n) is 10.7. The summed E-state index contributed by atoms with van der Waals surface area (Å²) in [5.41, 5.74) is 0.344. The number of hydrogen-bond acceptors (Lipinski definition) is 3. The fourth-order valence-corrected chi connectivity index (χ4v) is 3.19. The highest BCUT2D eigenvalue weighted by molar-refractivity contribution is 9.09. The van der Waals surface area contributed by atoms with Crippen LogP contribution in [0.3, 0.4) is 0 Å². The SMILES string of the molecule is O=C(c1cc(O)cc(O)c1)N1CCCC(CCBr)C1. The molecule has 0 aliphatic carbocycles. The molecule has 1 saturated heterocycles. The Balaban J connectivity index is 2.10. The van der Waals surface area contributed by atoms with Crippen molar-refractivity contribution in [3.63, 3.8) is 0 Å². The van der Waals surface area contributed by atoms with Gasteiger partial charge in [-0.3, -0.25) is 4.79 Å². The summed E-state index contributed by atoms with van der Waals surface area (Å²) in [5.74, 6) is 0.239. The standard InChI is InChI=1S/C14H18BrNO3/c15-4-3-10-2-1-5-16(9-10)14(19)11-6-12(17)8-13(18)7-11/h6-8,10,17-18H,1-5,9H2. The summed E-state index contributed by atoms with van der Waals surface area (Å²) in [6.45, 7) is 1.49. The van der Waals surface area contributed by atoms with Crippen LogP contribution in [-0.2, 0) is 0 Å². The summed E-state index contributed by atoms with van der Waals surface area (Å²) < 4.78 is 0. The molecule has 1 fully saturated rings. The zero-order valence-corrected chi connectivity index (χ0v) is 12.3. The van der Waals surface area contributed by atoms with Crippen molar-refractivity contribution in [3.05, 3.63) is 23.8 Å². The summed E-state index contributed by atoms with van der Waals surface area (Å²) in [7, 11) is 0. The molecule has 1 aromatic carbocycles. The molecule has 1 aliphatic rings. The van der Waals surface area contributed by atoms with Gasteiger partial charge in [0, 0.05) is 30.0 Å². The number of carbonyl (C=O) groups is 1. The number of alkyl halides is 1. The molecular formula is C14H18BrNO3. The highest BCUT2D eigenvalue weighted by Crippen LogP contribution is 2.25. The van der Waals surface area contributed by atoms with Crippen molar-refractivity contribution in [1.29, 1.82) is 0 Å². The highest BCUT2D eigenvalue weighted by Gasteiger charge is 2.24. The van der Waals surface area contributed by atoms with Gasteiger partial charge in [0.1, 0.15) is 11.5 Å². The Hall–Kier alpha value is -1.23. The minimum atomic E-state index is -0.120. The summed E-state index contributed by atoms with van der Waals surface area (Å²) in [4.78, 5) is 14.2. The van der Waals surface area contributed by atoms with Crippen LogP contribution in [0.1, 0.15) is 29.6 Å². The number of phenols is 2. The number of amides is 1. The molecule has 5 heteroatoms. The first-order valence-corrected chi connectivity index (χ1v) is 7.60. The molecule has 0 bridgehead atoms. The van der Waals surface area contributed by atoms with Crippen LogP contribution in [-0.4, -0.2) is 39.4 Å². The second-order valence-electron chi connectivity index (χ2n) is 4.98. The van der Waals surface area contributed by atoms with Gasteiger partial charge in [-0.15, -0.1) is 0 Å². The lowest BCUT2D eigenvalue weighted by Gasteiger charge is -2.32. The second kappa shape index (κ2) is 6.28. The molecule has 1 aromatic rings. The molecule has 104 valence electrons. The average Bonchev–Trinajstić information content (AvgIpc) is 2.37. The normalized spacial score (nSPS) is 19.4. The fourth-order valence-electron chi connectivity index (χ4n) is 2.54. The van der Waals surface area contributed by atoms with Crippen LogP contribution in [0, 0.1) is 5.92 Å². The Morgan fingerprint density at radius 2 is 2.00 bits per heavy atom. The van der Waals surface area contributed by atoms with Crippen molar-refractivity contribution in [2.24, 2.45) is 5.92 Å². The van der Waals surface area contributed by atoms with Gasteiger partial charge in [-0.05, 0) is 37.3 Å². The van der Waals surface area contributed by atoms with Crippen molar-refractivity contribution >= 4 is 21.8 Å². The predicted molar refractivity (Wildman–Crippen MR) is 76.8 cm³/mol. The summed E-state index contributed by atoms with van der Waals surface area (Å²) in [5, 5.41) is 19.8. The minimum Gasteiger partial charge on any atom is -0.508 e. The third-order valence-corrected chi connectivity index (χ3v) is 3.93. The van der Waals surface area contributed by atoms with Gasteiger partial charge in [-0.25, -0.2) is 0 Å². The number of piperidine rings is 1. The van der Waals surface area contributed by atoms with Gasteiger partial charge in [0.15, 0.2) is 0 Å². The van der Waals surface area contributed by atoms with E-state index in [1.54, 1.807) is 0 Å². The number of aromatic hydroxyl groups is 2. The molecule has 1 unspecified atom stereocenters. The lowest BCUT2D eigenvalue weighted by atomic mass is 9.95. The predicted octanol–water partition coefficient (Wildman–Crippen LogP) is 2.74. The van der Waals surface area contributed by atoms with Crippen molar-refractivity contribution in [1.82, 2.24) is 4.90 Å². The minimum absolute atomic E-state index is 0.0858. The number of nitrogens with zero attached hydrogens (tertiary/aromatic N) is 1. The van der Waals surface area contributed by atoms with Gasteiger partial charge >= 0.3 is 0 Å². The maximum atomic E-state index is 12.3. The van der Waals surface area contributed by atoms with Gasteiger partial charge in [-0.1, -0.05) is 15.9 Å². The first-order valence-electron chi connectivity index (χ1n) is 6.48. The molecule has 2 N–H and O–H groups in total. The molecule has 0 aromatic heterocycles. The Bertz CT molecular complexity index is 442. The third-order valence-electron chi connectivity index (χ3n) is 3.47. The van der Waals surface area contributed by atoms with Crippen LogP contribution in [0.4, 0.5) is 0 Å². The third kappa shape index (κ3) is 3.62. The first kappa shape index (κ1) is 14.2. The number of halogens is 1. The number of hydrogen-bond donors (Lipinski definition) is 2. The quantitative estimate of drug-likeness (QED) is 0.839. The van der Waals surface area contributed by atoms with E-state index in [0.29, 0.717) is 11.5 Å². The summed E-state index contributed by atoms with van der Waals surface area (Å²) in [6, 6.07) is 4.02. The Kier molecular flexibility index (Phi) is 4.69. The average molecular weight is 328 g/mol. The first-order chi connectivity index (χ1) is 9.10. The number of phenolic OH excluding ortho intramolecular Hbond substituents is 2. The Morgan fingerprint density at radius 3 is 2.63 bits per heavy atom. The highest BCUT2D eigenvalue weighted by atomic mass is 79.9. The molecule has 0 saturated carbocycles. The topological polar surface area (TPSA) is 60.8 Å². The molecular weight excluding hydrogens is 310 g/mol.